The summed E-state index contributed by atoms with van der Waals surface area (Å²) in [4.78, 5) is 4.32. The van der Waals surface area contributed by atoms with Crippen LogP contribution >= 0.6 is 11.6 Å². The van der Waals surface area contributed by atoms with E-state index in [1.54, 1.807) is 6.07 Å². The summed E-state index contributed by atoms with van der Waals surface area (Å²) in [5.74, 6) is 0.734. The van der Waals surface area contributed by atoms with Crippen LogP contribution in [0.5, 0.6) is 0 Å². The van der Waals surface area contributed by atoms with E-state index in [2.05, 4.69) is 9.99 Å². The maximum atomic E-state index is 13.7. The number of hydrogen-bond acceptors (Lipinski definition) is 2. The van der Waals surface area contributed by atoms with Gasteiger partial charge in [-0.25, -0.2) is 14.1 Å². The van der Waals surface area contributed by atoms with Crippen LogP contribution in [0.3, 0.4) is 0 Å². The van der Waals surface area contributed by atoms with Gasteiger partial charge in [0.05, 0.1) is 11.4 Å². The van der Waals surface area contributed by atoms with Crippen LogP contribution in [0.4, 0.5) is 4.39 Å². The first-order chi connectivity index (χ1) is 8.81. The summed E-state index contributed by atoms with van der Waals surface area (Å²) in [6.07, 6.45) is 3.58. The Labute approximate surface area is 110 Å². The summed E-state index contributed by atoms with van der Waals surface area (Å²) >= 11 is 5.94. The number of piperidine rings is 1. The Bertz CT molecular complexity index is 561. The number of para-hydroxylation sites is 1. The topological polar surface area (TPSA) is 21.1 Å². The van der Waals surface area contributed by atoms with E-state index >= 15 is 0 Å². The SMILES string of the molecule is Fc1cccc2c1nc(CCl)n2N1CCCCC1. The van der Waals surface area contributed by atoms with E-state index in [0.29, 0.717) is 11.4 Å². The molecule has 0 bridgehead atoms. The predicted octanol–water partition coefficient (Wildman–Crippen LogP) is 3.04. The van der Waals surface area contributed by atoms with Crippen molar-refractivity contribution in [3.63, 3.8) is 0 Å². The minimum atomic E-state index is -0.283. The molecule has 1 aliphatic heterocycles. The lowest BCUT2D eigenvalue weighted by Crippen LogP contribution is -2.39. The molecule has 0 saturated carbocycles. The van der Waals surface area contributed by atoms with Crippen molar-refractivity contribution in [1.29, 1.82) is 0 Å². The molecule has 1 aliphatic rings. The molecule has 5 heteroatoms. The van der Waals surface area contributed by atoms with E-state index in [4.69, 9.17) is 11.6 Å². The summed E-state index contributed by atoms with van der Waals surface area (Å²) in [5, 5.41) is 2.22. The van der Waals surface area contributed by atoms with Gasteiger partial charge >= 0.3 is 0 Å². The molecule has 2 aromatic rings. The van der Waals surface area contributed by atoms with Crippen molar-refractivity contribution in [1.82, 2.24) is 9.66 Å². The van der Waals surface area contributed by atoms with Crippen LogP contribution in [0.2, 0.25) is 0 Å². The smallest absolute Gasteiger partial charge is 0.151 e. The summed E-state index contributed by atoms with van der Waals surface area (Å²) in [7, 11) is 0. The van der Waals surface area contributed by atoms with Crippen molar-refractivity contribution < 1.29 is 4.39 Å². The van der Waals surface area contributed by atoms with Crippen LogP contribution in [0.1, 0.15) is 25.1 Å². The average Bonchev–Trinajstić information content (AvgIpc) is 2.80. The molecule has 96 valence electrons. The molecular weight excluding hydrogens is 253 g/mol. The third-order valence-corrected chi connectivity index (χ3v) is 3.65. The monoisotopic (exact) mass is 267 g/mol. The quantitative estimate of drug-likeness (QED) is 0.780. The van der Waals surface area contributed by atoms with Gasteiger partial charge in [0, 0.05) is 13.1 Å². The van der Waals surface area contributed by atoms with Crippen molar-refractivity contribution in [2.24, 2.45) is 0 Å². The van der Waals surface area contributed by atoms with Crippen LogP contribution in [0.15, 0.2) is 18.2 Å². The van der Waals surface area contributed by atoms with Crippen LogP contribution in [-0.4, -0.2) is 22.7 Å². The molecule has 0 atom stereocenters. The van der Waals surface area contributed by atoms with E-state index < -0.39 is 0 Å². The van der Waals surface area contributed by atoms with Gasteiger partial charge in [0.1, 0.15) is 11.3 Å². The molecule has 3 rings (SSSR count). The molecule has 0 N–H and O–H groups in total. The van der Waals surface area contributed by atoms with Gasteiger partial charge in [-0.1, -0.05) is 6.07 Å². The summed E-state index contributed by atoms with van der Waals surface area (Å²) in [6, 6.07) is 5.06. The molecule has 1 saturated heterocycles. The van der Waals surface area contributed by atoms with Gasteiger partial charge in [-0.2, -0.15) is 0 Å². The number of alkyl halides is 1. The molecule has 1 fully saturated rings. The Kier molecular flexibility index (Phi) is 3.12. The minimum absolute atomic E-state index is 0.283. The Hall–Kier alpha value is -1.29. The Morgan fingerprint density at radius 1 is 1.22 bits per heavy atom. The van der Waals surface area contributed by atoms with Crippen molar-refractivity contribution >= 4 is 22.6 Å². The first-order valence-electron chi connectivity index (χ1n) is 6.28. The van der Waals surface area contributed by atoms with Gasteiger partial charge in [-0.3, -0.25) is 0 Å². The molecule has 0 amide bonds. The van der Waals surface area contributed by atoms with Crippen molar-refractivity contribution in [3.8, 4) is 0 Å². The Balaban J connectivity index is 2.16. The van der Waals surface area contributed by atoms with Crippen LogP contribution in [-0.2, 0) is 5.88 Å². The largest absolute Gasteiger partial charge is 0.311 e. The lowest BCUT2D eigenvalue weighted by molar-refractivity contribution is 0.478. The molecule has 0 radical (unpaired) electrons. The maximum absolute atomic E-state index is 13.7. The van der Waals surface area contributed by atoms with E-state index in [0.717, 1.165) is 37.3 Å². The highest BCUT2D eigenvalue weighted by Gasteiger charge is 2.19. The average molecular weight is 268 g/mol. The van der Waals surface area contributed by atoms with Crippen LogP contribution in [0.25, 0.3) is 11.0 Å². The van der Waals surface area contributed by atoms with E-state index in [9.17, 15) is 4.39 Å². The summed E-state index contributed by atoms with van der Waals surface area (Å²) < 4.78 is 15.7. The molecule has 0 aliphatic carbocycles. The van der Waals surface area contributed by atoms with E-state index in [1.807, 2.05) is 10.7 Å². The number of benzene rings is 1. The predicted molar refractivity (Wildman–Crippen MR) is 71.1 cm³/mol. The zero-order chi connectivity index (χ0) is 12.5. The number of fused-ring (bicyclic) bond motifs is 1. The van der Waals surface area contributed by atoms with Gasteiger partial charge in [-0.05, 0) is 31.4 Å². The second-order valence-electron chi connectivity index (χ2n) is 4.60. The number of imidazole rings is 1. The van der Waals surface area contributed by atoms with Crippen molar-refractivity contribution in [3.05, 3.63) is 29.8 Å². The summed E-state index contributed by atoms with van der Waals surface area (Å²) in [6.45, 7) is 1.96. The van der Waals surface area contributed by atoms with Gasteiger partial charge in [0.25, 0.3) is 0 Å². The third-order valence-electron chi connectivity index (χ3n) is 3.41. The fourth-order valence-electron chi connectivity index (χ4n) is 2.58. The second-order valence-corrected chi connectivity index (χ2v) is 4.86. The Morgan fingerprint density at radius 3 is 2.72 bits per heavy atom. The van der Waals surface area contributed by atoms with E-state index in [-0.39, 0.29) is 5.82 Å². The standard InChI is InChI=1S/C13H15ClFN3/c14-9-12-16-13-10(15)5-4-6-11(13)18(12)17-7-2-1-3-8-17/h4-6H,1-3,7-9H2. The van der Waals surface area contributed by atoms with E-state index in [1.165, 1.54) is 12.5 Å². The molecule has 0 spiro atoms. The summed E-state index contributed by atoms with van der Waals surface area (Å²) in [5.41, 5.74) is 1.23. The number of rotatable bonds is 2. The fourth-order valence-corrected chi connectivity index (χ4v) is 2.75. The number of nitrogens with zero attached hydrogens (tertiary/aromatic N) is 3. The molecule has 3 nitrogen and oxygen atoms in total. The highest BCUT2D eigenvalue weighted by atomic mass is 35.5. The Morgan fingerprint density at radius 2 is 2.00 bits per heavy atom. The van der Waals surface area contributed by atoms with Crippen LogP contribution in [0, 0.1) is 5.82 Å². The molecule has 2 heterocycles. The lowest BCUT2D eigenvalue weighted by atomic mass is 10.2. The molecule has 18 heavy (non-hydrogen) atoms. The minimum Gasteiger partial charge on any atom is -0.311 e. The second kappa shape index (κ2) is 4.76. The molecule has 0 unspecified atom stereocenters. The van der Waals surface area contributed by atoms with Crippen LogP contribution < -0.4 is 5.01 Å². The highest BCUT2D eigenvalue weighted by Crippen LogP contribution is 2.22. The lowest BCUT2D eigenvalue weighted by Gasteiger charge is -2.31. The van der Waals surface area contributed by atoms with Gasteiger partial charge in [-0.15, -0.1) is 11.6 Å². The third kappa shape index (κ3) is 1.85. The number of hydrogen-bond donors (Lipinski definition) is 0. The van der Waals surface area contributed by atoms with Crippen molar-refractivity contribution in [2.75, 3.05) is 18.1 Å². The fraction of sp³-hybridized carbons (Fsp3) is 0.462. The van der Waals surface area contributed by atoms with Gasteiger partial charge < -0.3 is 5.01 Å². The van der Waals surface area contributed by atoms with Gasteiger partial charge in [0.15, 0.2) is 5.82 Å². The molecular formula is C13H15ClFN3. The number of halogens is 2. The van der Waals surface area contributed by atoms with Crippen molar-refractivity contribution in [2.45, 2.75) is 25.1 Å². The molecule has 1 aromatic heterocycles. The zero-order valence-electron chi connectivity index (χ0n) is 10.1. The first kappa shape index (κ1) is 11.8. The normalized spacial score (nSPS) is 16.4. The highest BCUT2D eigenvalue weighted by molar-refractivity contribution is 6.16. The van der Waals surface area contributed by atoms with Gasteiger partial charge in [0.2, 0.25) is 0 Å². The maximum Gasteiger partial charge on any atom is 0.151 e. The first-order valence-corrected chi connectivity index (χ1v) is 6.82. The molecule has 1 aromatic carbocycles. The number of aromatic nitrogens is 2. The zero-order valence-corrected chi connectivity index (χ0v) is 10.8.